The summed E-state index contributed by atoms with van der Waals surface area (Å²) in [6.07, 6.45) is -0.365. The second-order valence-corrected chi connectivity index (χ2v) is 5.29. The highest BCUT2D eigenvalue weighted by atomic mass is 16.5. The molecule has 1 rings (SSSR count). The Balaban J connectivity index is 0.00000154. The van der Waals surface area contributed by atoms with Crippen molar-refractivity contribution in [2.45, 2.75) is 54.2 Å². The van der Waals surface area contributed by atoms with Crippen molar-refractivity contribution >= 4 is 6.09 Å². The molecule has 0 fully saturated rings. The Morgan fingerprint density at radius 1 is 1.21 bits per heavy atom. The largest absolute Gasteiger partial charge is 0.445 e. The zero-order valence-corrected chi connectivity index (χ0v) is 13.0. The number of amides is 1. The topological polar surface area (TPSA) is 38.3 Å². The van der Waals surface area contributed by atoms with E-state index >= 15 is 0 Å². The van der Waals surface area contributed by atoms with E-state index in [9.17, 15) is 4.79 Å². The van der Waals surface area contributed by atoms with Gasteiger partial charge in [0, 0.05) is 6.04 Å². The molecule has 3 nitrogen and oxygen atoms in total. The smallest absolute Gasteiger partial charge is 0.407 e. The van der Waals surface area contributed by atoms with Crippen molar-refractivity contribution in [3.8, 4) is 0 Å². The highest BCUT2D eigenvalue weighted by Crippen LogP contribution is 2.18. The molecule has 3 heteroatoms. The SMILES string of the molecule is CC.C[C@@H](NC(=O)OCc1ccccc1)C(C)(C)C. The van der Waals surface area contributed by atoms with E-state index in [2.05, 4.69) is 26.1 Å². The van der Waals surface area contributed by atoms with E-state index < -0.39 is 0 Å². The minimum absolute atomic E-state index is 0.0335. The van der Waals surface area contributed by atoms with E-state index in [4.69, 9.17) is 4.74 Å². The molecule has 1 aromatic carbocycles. The molecule has 0 aliphatic heterocycles. The summed E-state index contributed by atoms with van der Waals surface area (Å²) in [7, 11) is 0. The quantitative estimate of drug-likeness (QED) is 0.881. The Morgan fingerprint density at radius 2 is 1.74 bits per heavy atom. The van der Waals surface area contributed by atoms with Crippen molar-refractivity contribution in [3.63, 3.8) is 0 Å². The van der Waals surface area contributed by atoms with Crippen LogP contribution < -0.4 is 5.32 Å². The second kappa shape index (κ2) is 8.57. The van der Waals surface area contributed by atoms with E-state index in [1.807, 2.05) is 51.1 Å². The number of ether oxygens (including phenoxy) is 1. The standard InChI is InChI=1S/C14H21NO2.C2H6/c1-11(14(2,3)4)15-13(16)17-10-12-8-6-5-7-9-12;1-2/h5-9,11H,10H2,1-4H3,(H,15,16);1-2H3/t11-;/m1./s1. The van der Waals surface area contributed by atoms with Gasteiger partial charge in [0.2, 0.25) is 0 Å². The van der Waals surface area contributed by atoms with Crippen LogP contribution >= 0.6 is 0 Å². The van der Waals surface area contributed by atoms with Crippen LogP contribution in [0.1, 0.15) is 47.1 Å². The first-order chi connectivity index (χ1) is 8.89. The first-order valence-corrected chi connectivity index (χ1v) is 6.87. The summed E-state index contributed by atoms with van der Waals surface area (Å²) < 4.78 is 5.14. The lowest BCUT2D eigenvalue weighted by molar-refractivity contribution is 0.128. The van der Waals surface area contributed by atoms with Gasteiger partial charge in [-0.15, -0.1) is 0 Å². The van der Waals surface area contributed by atoms with Crippen molar-refractivity contribution < 1.29 is 9.53 Å². The molecule has 0 aromatic heterocycles. The molecule has 19 heavy (non-hydrogen) atoms. The maximum atomic E-state index is 11.5. The van der Waals surface area contributed by atoms with Crippen LogP contribution in [0.3, 0.4) is 0 Å². The van der Waals surface area contributed by atoms with Crippen molar-refractivity contribution in [2.75, 3.05) is 0 Å². The third-order valence-corrected chi connectivity index (χ3v) is 2.85. The second-order valence-electron chi connectivity index (χ2n) is 5.29. The molecule has 0 saturated heterocycles. The molecule has 1 N–H and O–H groups in total. The molecule has 0 spiro atoms. The number of nitrogens with one attached hydrogen (secondary N) is 1. The molecule has 0 bridgehead atoms. The lowest BCUT2D eigenvalue weighted by Gasteiger charge is -2.27. The molecular formula is C16H27NO2. The van der Waals surface area contributed by atoms with Gasteiger partial charge < -0.3 is 10.1 Å². The molecular weight excluding hydrogens is 238 g/mol. The number of rotatable bonds is 3. The van der Waals surface area contributed by atoms with Crippen LogP contribution in [0.25, 0.3) is 0 Å². The van der Waals surface area contributed by atoms with Gasteiger partial charge in [0.05, 0.1) is 0 Å². The van der Waals surface area contributed by atoms with Crippen molar-refractivity contribution in [1.29, 1.82) is 0 Å². The van der Waals surface area contributed by atoms with Gasteiger partial charge in [-0.25, -0.2) is 4.79 Å². The zero-order chi connectivity index (χ0) is 14.9. The Labute approximate surface area is 117 Å². The van der Waals surface area contributed by atoms with E-state index in [1.54, 1.807) is 0 Å². The van der Waals surface area contributed by atoms with Crippen molar-refractivity contribution in [3.05, 3.63) is 35.9 Å². The van der Waals surface area contributed by atoms with E-state index in [0.717, 1.165) is 5.56 Å². The van der Waals surface area contributed by atoms with Crippen LogP contribution in [0.2, 0.25) is 0 Å². The predicted molar refractivity (Wildman–Crippen MR) is 80.0 cm³/mol. The average molecular weight is 265 g/mol. The molecule has 1 aromatic rings. The molecule has 0 saturated carbocycles. The molecule has 1 atom stereocenters. The maximum Gasteiger partial charge on any atom is 0.407 e. The minimum Gasteiger partial charge on any atom is -0.445 e. The molecule has 0 aliphatic carbocycles. The Bertz CT molecular complexity index is 355. The number of carbonyl (C=O) groups is 1. The summed E-state index contributed by atoms with van der Waals surface area (Å²) in [6, 6.07) is 9.72. The van der Waals surface area contributed by atoms with Crippen LogP contribution in [0.15, 0.2) is 30.3 Å². The highest BCUT2D eigenvalue weighted by molar-refractivity contribution is 5.67. The van der Waals surface area contributed by atoms with Gasteiger partial charge in [0.25, 0.3) is 0 Å². The van der Waals surface area contributed by atoms with Crippen molar-refractivity contribution in [2.24, 2.45) is 5.41 Å². The average Bonchev–Trinajstić information content (AvgIpc) is 2.39. The van der Waals surface area contributed by atoms with E-state index in [-0.39, 0.29) is 17.6 Å². The van der Waals surface area contributed by atoms with Crippen molar-refractivity contribution in [1.82, 2.24) is 5.32 Å². The van der Waals surface area contributed by atoms with Crippen LogP contribution in [0.4, 0.5) is 4.79 Å². The third-order valence-electron chi connectivity index (χ3n) is 2.85. The van der Waals surface area contributed by atoms with Crippen LogP contribution in [0.5, 0.6) is 0 Å². The summed E-state index contributed by atoms with van der Waals surface area (Å²) in [5, 5.41) is 2.83. The number of hydrogen-bond acceptors (Lipinski definition) is 2. The van der Waals surface area contributed by atoms with Gasteiger partial charge in [0.1, 0.15) is 6.61 Å². The first kappa shape index (κ1) is 17.5. The Kier molecular flexibility index (Phi) is 7.89. The molecule has 0 aliphatic rings. The first-order valence-electron chi connectivity index (χ1n) is 6.87. The summed E-state index contributed by atoms with van der Waals surface area (Å²) in [5.41, 5.74) is 1.03. The fraction of sp³-hybridized carbons (Fsp3) is 0.562. The molecule has 0 heterocycles. The lowest BCUT2D eigenvalue weighted by atomic mass is 9.88. The van der Waals surface area contributed by atoms with Gasteiger partial charge in [-0.2, -0.15) is 0 Å². The van der Waals surface area contributed by atoms with Crippen LogP contribution in [0, 0.1) is 5.41 Å². The monoisotopic (exact) mass is 265 g/mol. The molecule has 0 radical (unpaired) electrons. The van der Waals surface area contributed by atoms with Gasteiger partial charge >= 0.3 is 6.09 Å². The highest BCUT2D eigenvalue weighted by Gasteiger charge is 2.22. The van der Waals surface area contributed by atoms with Gasteiger partial charge in [-0.05, 0) is 17.9 Å². The lowest BCUT2D eigenvalue weighted by Crippen LogP contribution is -2.41. The Hall–Kier alpha value is -1.51. The fourth-order valence-corrected chi connectivity index (χ4v) is 1.16. The number of hydrogen-bond donors (Lipinski definition) is 1. The maximum absolute atomic E-state index is 11.5. The van der Waals surface area contributed by atoms with Crippen LogP contribution in [-0.4, -0.2) is 12.1 Å². The van der Waals surface area contributed by atoms with Gasteiger partial charge in [0.15, 0.2) is 0 Å². The summed E-state index contributed by atoms with van der Waals surface area (Å²) in [6.45, 7) is 12.5. The van der Waals surface area contributed by atoms with E-state index in [1.165, 1.54) is 0 Å². The number of alkyl carbamates (subject to hydrolysis) is 1. The summed E-state index contributed by atoms with van der Waals surface area (Å²) >= 11 is 0. The third kappa shape index (κ3) is 7.50. The predicted octanol–water partition coefficient (Wildman–Crippen LogP) is 4.37. The van der Waals surface area contributed by atoms with Gasteiger partial charge in [-0.3, -0.25) is 0 Å². The summed E-state index contributed by atoms with van der Waals surface area (Å²) in [4.78, 5) is 11.5. The molecule has 108 valence electrons. The fourth-order valence-electron chi connectivity index (χ4n) is 1.16. The molecule has 1 amide bonds. The van der Waals surface area contributed by atoms with Gasteiger partial charge in [-0.1, -0.05) is 65.0 Å². The minimum atomic E-state index is -0.365. The Morgan fingerprint density at radius 3 is 2.21 bits per heavy atom. The molecule has 0 unspecified atom stereocenters. The normalized spacial score (nSPS) is 11.9. The number of carbonyl (C=O) groups excluding carboxylic acids is 1. The number of benzene rings is 1. The summed E-state index contributed by atoms with van der Waals surface area (Å²) in [5.74, 6) is 0. The van der Waals surface area contributed by atoms with Crippen LogP contribution in [-0.2, 0) is 11.3 Å². The zero-order valence-electron chi connectivity index (χ0n) is 13.0. The van der Waals surface area contributed by atoms with E-state index in [0.29, 0.717) is 6.61 Å².